The summed E-state index contributed by atoms with van der Waals surface area (Å²) in [5.41, 5.74) is 0. The SMILES string of the molecule is CC(C)CCN(C)C(C)C(C)CNC1CC1. The van der Waals surface area contributed by atoms with Crippen molar-refractivity contribution in [1.82, 2.24) is 10.2 Å². The summed E-state index contributed by atoms with van der Waals surface area (Å²) in [5, 5.41) is 3.63. The van der Waals surface area contributed by atoms with Gasteiger partial charge in [0.05, 0.1) is 0 Å². The van der Waals surface area contributed by atoms with Gasteiger partial charge in [-0.15, -0.1) is 0 Å². The lowest BCUT2D eigenvalue weighted by Crippen LogP contribution is -2.40. The average Bonchev–Trinajstić information content (AvgIpc) is 3.05. The van der Waals surface area contributed by atoms with Crippen molar-refractivity contribution in [3.8, 4) is 0 Å². The maximum Gasteiger partial charge on any atom is 0.0102 e. The largest absolute Gasteiger partial charge is 0.314 e. The van der Waals surface area contributed by atoms with E-state index in [1.807, 2.05) is 0 Å². The van der Waals surface area contributed by atoms with E-state index in [-0.39, 0.29) is 0 Å². The number of rotatable bonds is 8. The van der Waals surface area contributed by atoms with E-state index in [0.29, 0.717) is 6.04 Å². The van der Waals surface area contributed by atoms with Crippen molar-refractivity contribution in [2.45, 2.75) is 59.0 Å². The van der Waals surface area contributed by atoms with Gasteiger partial charge in [-0.2, -0.15) is 0 Å². The van der Waals surface area contributed by atoms with Crippen LogP contribution in [0.4, 0.5) is 0 Å². The molecule has 16 heavy (non-hydrogen) atoms. The molecule has 1 rings (SSSR count). The first-order chi connectivity index (χ1) is 7.50. The van der Waals surface area contributed by atoms with E-state index in [0.717, 1.165) is 17.9 Å². The van der Waals surface area contributed by atoms with Gasteiger partial charge in [-0.05, 0) is 58.2 Å². The summed E-state index contributed by atoms with van der Waals surface area (Å²) in [6.07, 6.45) is 4.10. The van der Waals surface area contributed by atoms with Crippen molar-refractivity contribution in [2.24, 2.45) is 11.8 Å². The highest BCUT2D eigenvalue weighted by molar-refractivity contribution is 4.83. The standard InChI is InChI=1S/C14H30N2/c1-11(2)8-9-16(5)13(4)12(3)10-15-14-6-7-14/h11-15H,6-10H2,1-5H3. The van der Waals surface area contributed by atoms with Crippen LogP contribution in [0.2, 0.25) is 0 Å². The van der Waals surface area contributed by atoms with E-state index < -0.39 is 0 Å². The molecule has 96 valence electrons. The van der Waals surface area contributed by atoms with Gasteiger partial charge >= 0.3 is 0 Å². The van der Waals surface area contributed by atoms with Crippen molar-refractivity contribution in [1.29, 1.82) is 0 Å². The first kappa shape index (κ1) is 14.0. The van der Waals surface area contributed by atoms with Crippen LogP contribution in [0.5, 0.6) is 0 Å². The Kier molecular flexibility index (Phi) is 5.77. The van der Waals surface area contributed by atoms with Gasteiger partial charge < -0.3 is 10.2 Å². The third-order valence-electron chi connectivity index (χ3n) is 3.88. The van der Waals surface area contributed by atoms with Gasteiger partial charge in [0, 0.05) is 12.1 Å². The highest BCUT2D eigenvalue weighted by Gasteiger charge is 2.23. The fourth-order valence-electron chi connectivity index (χ4n) is 1.91. The van der Waals surface area contributed by atoms with Crippen LogP contribution < -0.4 is 5.32 Å². The van der Waals surface area contributed by atoms with Gasteiger partial charge in [-0.25, -0.2) is 0 Å². The second-order valence-corrected chi connectivity index (χ2v) is 6.06. The van der Waals surface area contributed by atoms with Gasteiger partial charge in [-0.1, -0.05) is 20.8 Å². The predicted octanol–water partition coefficient (Wildman–Crippen LogP) is 2.74. The first-order valence-electron chi connectivity index (χ1n) is 6.94. The molecule has 0 spiro atoms. The lowest BCUT2D eigenvalue weighted by molar-refractivity contribution is 0.187. The highest BCUT2D eigenvalue weighted by Crippen LogP contribution is 2.19. The number of hydrogen-bond donors (Lipinski definition) is 1. The van der Waals surface area contributed by atoms with E-state index in [1.165, 1.54) is 32.4 Å². The molecule has 1 fully saturated rings. The topological polar surface area (TPSA) is 15.3 Å². The lowest BCUT2D eigenvalue weighted by atomic mass is 10.0. The maximum atomic E-state index is 3.63. The summed E-state index contributed by atoms with van der Waals surface area (Å²) in [5.74, 6) is 1.56. The quantitative estimate of drug-likeness (QED) is 0.684. The Balaban J connectivity index is 2.16. The molecule has 0 saturated heterocycles. The summed E-state index contributed by atoms with van der Waals surface area (Å²) >= 11 is 0. The van der Waals surface area contributed by atoms with Gasteiger partial charge in [0.1, 0.15) is 0 Å². The number of hydrogen-bond acceptors (Lipinski definition) is 2. The third-order valence-corrected chi connectivity index (χ3v) is 3.88. The van der Waals surface area contributed by atoms with Crippen LogP contribution in [0.1, 0.15) is 47.0 Å². The zero-order valence-corrected chi connectivity index (χ0v) is 11.8. The van der Waals surface area contributed by atoms with Crippen molar-refractivity contribution in [3.05, 3.63) is 0 Å². The summed E-state index contributed by atoms with van der Waals surface area (Å²) in [4.78, 5) is 2.51. The molecule has 2 atom stereocenters. The molecular formula is C14H30N2. The summed E-state index contributed by atoms with van der Waals surface area (Å²) in [6, 6.07) is 1.53. The van der Waals surface area contributed by atoms with Crippen molar-refractivity contribution in [2.75, 3.05) is 20.1 Å². The second kappa shape index (κ2) is 6.61. The molecule has 0 aliphatic heterocycles. The summed E-state index contributed by atoms with van der Waals surface area (Å²) < 4.78 is 0. The Bertz CT molecular complexity index is 175. The minimum atomic E-state index is 0.685. The Morgan fingerprint density at radius 2 is 1.81 bits per heavy atom. The van der Waals surface area contributed by atoms with Gasteiger partial charge in [-0.3, -0.25) is 0 Å². The molecule has 1 saturated carbocycles. The molecule has 1 aliphatic rings. The van der Waals surface area contributed by atoms with E-state index in [1.54, 1.807) is 0 Å². The Morgan fingerprint density at radius 3 is 2.31 bits per heavy atom. The zero-order valence-electron chi connectivity index (χ0n) is 11.8. The molecule has 1 N–H and O–H groups in total. The fourth-order valence-corrected chi connectivity index (χ4v) is 1.91. The fraction of sp³-hybridized carbons (Fsp3) is 1.00. The molecule has 2 heteroatoms. The minimum Gasteiger partial charge on any atom is -0.314 e. The molecule has 0 radical (unpaired) electrons. The van der Waals surface area contributed by atoms with Crippen LogP contribution in [0.15, 0.2) is 0 Å². The normalized spacial score (nSPS) is 20.4. The summed E-state index contributed by atoms with van der Waals surface area (Å²) in [7, 11) is 2.26. The maximum absolute atomic E-state index is 3.63. The average molecular weight is 226 g/mol. The van der Waals surface area contributed by atoms with Crippen LogP contribution in [0.3, 0.4) is 0 Å². The monoisotopic (exact) mass is 226 g/mol. The van der Waals surface area contributed by atoms with E-state index in [2.05, 4.69) is 45.0 Å². The molecule has 2 nitrogen and oxygen atoms in total. The van der Waals surface area contributed by atoms with E-state index in [4.69, 9.17) is 0 Å². The van der Waals surface area contributed by atoms with Crippen LogP contribution in [0, 0.1) is 11.8 Å². The smallest absolute Gasteiger partial charge is 0.0102 e. The molecule has 0 aromatic carbocycles. The molecule has 1 aliphatic carbocycles. The van der Waals surface area contributed by atoms with Crippen LogP contribution >= 0.6 is 0 Å². The molecule has 0 heterocycles. The molecule has 0 amide bonds. The van der Waals surface area contributed by atoms with Gasteiger partial charge in [0.15, 0.2) is 0 Å². The molecule has 0 aromatic heterocycles. The van der Waals surface area contributed by atoms with Crippen LogP contribution in [-0.2, 0) is 0 Å². The van der Waals surface area contributed by atoms with Crippen molar-refractivity contribution >= 4 is 0 Å². The van der Waals surface area contributed by atoms with Crippen LogP contribution in [-0.4, -0.2) is 37.1 Å². The minimum absolute atomic E-state index is 0.685. The first-order valence-corrected chi connectivity index (χ1v) is 6.94. The highest BCUT2D eigenvalue weighted by atomic mass is 15.1. The second-order valence-electron chi connectivity index (χ2n) is 6.06. The zero-order chi connectivity index (χ0) is 12.1. The Morgan fingerprint density at radius 1 is 1.19 bits per heavy atom. The number of nitrogens with zero attached hydrogens (tertiary/aromatic N) is 1. The van der Waals surface area contributed by atoms with Crippen LogP contribution in [0.25, 0.3) is 0 Å². The molecule has 0 bridgehead atoms. The van der Waals surface area contributed by atoms with Gasteiger partial charge in [0.25, 0.3) is 0 Å². The summed E-state index contributed by atoms with van der Waals surface area (Å²) in [6.45, 7) is 11.7. The van der Waals surface area contributed by atoms with Gasteiger partial charge in [0.2, 0.25) is 0 Å². The predicted molar refractivity (Wildman–Crippen MR) is 71.7 cm³/mol. The third kappa shape index (κ3) is 5.31. The Labute approximate surface area is 102 Å². The van der Waals surface area contributed by atoms with Crippen molar-refractivity contribution in [3.63, 3.8) is 0 Å². The number of nitrogens with one attached hydrogen (secondary N) is 1. The Hall–Kier alpha value is -0.0800. The molecular weight excluding hydrogens is 196 g/mol. The lowest BCUT2D eigenvalue weighted by Gasteiger charge is -2.30. The molecule has 2 unspecified atom stereocenters. The van der Waals surface area contributed by atoms with E-state index >= 15 is 0 Å². The van der Waals surface area contributed by atoms with Crippen molar-refractivity contribution < 1.29 is 0 Å². The molecule has 0 aromatic rings. The van der Waals surface area contributed by atoms with E-state index in [9.17, 15) is 0 Å².